The second kappa shape index (κ2) is 11.8. The molecular formula is C29H22Cl2N2O4S. The van der Waals surface area contributed by atoms with E-state index in [0.29, 0.717) is 44.0 Å². The molecule has 1 fully saturated rings. The molecule has 4 aromatic rings. The van der Waals surface area contributed by atoms with Gasteiger partial charge in [-0.2, -0.15) is 0 Å². The molecule has 0 radical (unpaired) electrons. The molecule has 1 saturated heterocycles. The van der Waals surface area contributed by atoms with Crippen molar-refractivity contribution < 1.29 is 18.7 Å². The molecule has 6 nitrogen and oxygen atoms in total. The van der Waals surface area contributed by atoms with Gasteiger partial charge >= 0.3 is 0 Å². The first kappa shape index (κ1) is 26.0. The van der Waals surface area contributed by atoms with Crippen LogP contribution in [0.15, 0.2) is 99.4 Å². The molecule has 1 amide bonds. The molecule has 5 rings (SSSR count). The average Bonchev–Trinajstić information content (AvgIpc) is 3.54. The molecule has 1 aromatic heterocycles. The summed E-state index contributed by atoms with van der Waals surface area (Å²) in [6.07, 6.45) is 3.41. The minimum absolute atomic E-state index is 0.153. The van der Waals surface area contributed by atoms with Gasteiger partial charge in [-0.3, -0.25) is 9.69 Å². The fraction of sp³-hybridized carbons (Fsp3) is 0.103. The summed E-state index contributed by atoms with van der Waals surface area (Å²) in [7, 11) is 1.57. The monoisotopic (exact) mass is 564 g/mol. The molecule has 38 heavy (non-hydrogen) atoms. The highest BCUT2D eigenvalue weighted by atomic mass is 35.5. The molecule has 1 aliphatic heterocycles. The molecule has 2 heterocycles. The first-order chi connectivity index (χ1) is 18.5. The van der Waals surface area contributed by atoms with E-state index in [1.165, 1.54) is 11.8 Å². The number of nitrogens with zero attached hydrogens (tertiary/aromatic N) is 2. The summed E-state index contributed by atoms with van der Waals surface area (Å²) in [5.41, 5.74) is 2.43. The molecule has 1 aliphatic rings. The number of carbonyl (C=O) groups is 1. The number of furan rings is 1. The molecule has 0 spiro atoms. The van der Waals surface area contributed by atoms with Crippen molar-refractivity contribution in [3.8, 4) is 11.5 Å². The maximum Gasteiger partial charge on any atom is 0.267 e. The molecule has 0 atom stereocenters. The Balaban J connectivity index is 1.38. The highest BCUT2D eigenvalue weighted by Crippen LogP contribution is 2.37. The zero-order valence-corrected chi connectivity index (χ0v) is 22.6. The van der Waals surface area contributed by atoms with Crippen LogP contribution in [0, 0.1) is 0 Å². The van der Waals surface area contributed by atoms with Crippen molar-refractivity contribution in [2.75, 3.05) is 7.11 Å². The van der Waals surface area contributed by atoms with Crippen LogP contribution in [0.25, 0.3) is 6.08 Å². The fourth-order valence-electron chi connectivity index (χ4n) is 3.74. The standard InChI is InChI=1S/C29H22Cl2N2O4S/c1-35-26-15-19(10-12-25(26)37-18-20-9-11-23(30)24(31)14-20)16-27-28(34)33(17-22-8-5-13-36-22)29(38-27)32-21-6-3-2-4-7-21/h2-16H,17-18H2,1H3/b27-16-,32-29?. The van der Waals surface area contributed by atoms with E-state index in [4.69, 9.17) is 42.1 Å². The molecule has 0 N–H and O–H groups in total. The third-order valence-corrected chi connectivity index (χ3v) is 7.37. The van der Waals surface area contributed by atoms with Crippen LogP contribution in [0.2, 0.25) is 10.0 Å². The normalized spacial score (nSPS) is 15.4. The molecule has 0 aliphatic carbocycles. The Bertz CT molecular complexity index is 1500. The van der Waals surface area contributed by atoms with Crippen molar-refractivity contribution in [2.24, 2.45) is 4.99 Å². The van der Waals surface area contributed by atoms with Crippen LogP contribution in [-0.4, -0.2) is 23.1 Å². The van der Waals surface area contributed by atoms with E-state index in [1.54, 1.807) is 36.5 Å². The summed E-state index contributed by atoms with van der Waals surface area (Å²) in [6, 6.07) is 24.0. The van der Waals surface area contributed by atoms with Gasteiger partial charge in [0.1, 0.15) is 12.4 Å². The van der Waals surface area contributed by atoms with Crippen LogP contribution in [0.4, 0.5) is 5.69 Å². The lowest BCUT2D eigenvalue weighted by atomic mass is 10.1. The minimum Gasteiger partial charge on any atom is -0.493 e. The summed E-state index contributed by atoms with van der Waals surface area (Å²) in [6.45, 7) is 0.579. The highest BCUT2D eigenvalue weighted by molar-refractivity contribution is 8.18. The zero-order chi connectivity index (χ0) is 26.5. The topological polar surface area (TPSA) is 64.3 Å². The smallest absolute Gasteiger partial charge is 0.267 e. The number of amidine groups is 1. The number of hydrogen-bond acceptors (Lipinski definition) is 6. The van der Waals surface area contributed by atoms with E-state index in [-0.39, 0.29) is 12.5 Å². The van der Waals surface area contributed by atoms with Gasteiger partial charge in [0.2, 0.25) is 0 Å². The number of halogens is 2. The Morgan fingerprint density at radius 2 is 1.82 bits per heavy atom. The zero-order valence-electron chi connectivity index (χ0n) is 20.3. The van der Waals surface area contributed by atoms with Crippen LogP contribution in [0.1, 0.15) is 16.9 Å². The third kappa shape index (κ3) is 6.07. The Hall–Kier alpha value is -3.65. The largest absolute Gasteiger partial charge is 0.493 e. The second-order valence-corrected chi connectivity index (χ2v) is 10.1. The van der Waals surface area contributed by atoms with E-state index >= 15 is 0 Å². The van der Waals surface area contributed by atoms with Crippen molar-refractivity contribution in [3.05, 3.63) is 117 Å². The van der Waals surface area contributed by atoms with Crippen LogP contribution in [0.5, 0.6) is 11.5 Å². The van der Waals surface area contributed by atoms with E-state index in [1.807, 2.05) is 66.7 Å². The molecule has 0 saturated carbocycles. The van der Waals surface area contributed by atoms with Crippen LogP contribution in [0.3, 0.4) is 0 Å². The van der Waals surface area contributed by atoms with E-state index in [2.05, 4.69) is 0 Å². The third-order valence-electron chi connectivity index (χ3n) is 5.63. The van der Waals surface area contributed by atoms with Crippen LogP contribution in [-0.2, 0) is 17.9 Å². The molecule has 0 bridgehead atoms. The highest BCUT2D eigenvalue weighted by Gasteiger charge is 2.34. The lowest BCUT2D eigenvalue weighted by molar-refractivity contribution is -0.122. The number of thioether (sulfide) groups is 1. The van der Waals surface area contributed by atoms with E-state index < -0.39 is 0 Å². The average molecular weight is 565 g/mol. The number of para-hydroxylation sites is 1. The van der Waals surface area contributed by atoms with Gasteiger partial charge in [-0.1, -0.05) is 53.5 Å². The van der Waals surface area contributed by atoms with Gasteiger partial charge in [0.25, 0.3) is 5.91 Å². The number of hydrogen-bond donors (Lipinski definition) is 0. The van der Waals surface area contributed by atoms with Gasteiger partial charge in [-0.05, 0) is 77.5 Å². The summed E-state index contributed by atoms with van der Waals surface area (Å²) in [5.74, 6) is 1.63. The van der Waals surface area contributed by atoms with Crippen molar-refractivity contribution in [1.82, 2.24) is 4.90 Å². The number of benzene rings is 3. The van der Waals surface area contributed by atoms with Crippen molar-refractivity contribution in [1.29, 1.82) is 0 Å². The molecule has 9 heteroatoms. The molecule has 0 unspecified atom stereocenters. The number of amides is 1. The first-order valence-electron chi connectivity index (χ1n) is 11.6. The van der Waals surface area contributed by atoms with Gasteiger partial charge in [-0.15, -0.1) is 0 Å². The molecular weight excluding hydrogens is 543 g/mol. The van der Waals surface area contributed by atoms with Gasteiger partial charge in [0.05, 0.1) is 40.6 Å². The van der Waals surface area contributed by atoms with Crippen LogP contribution < -0.4 is 9.47 Å². The van der Waals surface area contributed by atoms with Gasteiger partial charge in [-0.25, -0.2) is 4.99 Å². The number of carbonyl (C=O) groups excluding carboxylic acids is 1. The predicted molar refractivity (Wildman–Crippen MR) is 152 cm³/mol. The Kier molecular flexibility index (Phi) is 8.08. The number of ether oxygens (including phenoxy) is 2. The Labute approximate surface area is 234 Å². The Morgan fingerprint density at radius 3 is 2.55 bits per heavy atom. The molecule has 3 aromatic carbocycles. The second-order valence-electron chi connectivity index (χ2n) is 8.26. The maximum atomic E-state index is 13.4. The number of aliphatic imine (C=N–C) groups is 1. The minimum atomic E-state index is -0.153. The summed E-state index contributed by atoms with van der Waals surface area (Å²) in [5, 5.41) is 1.54. The lowest BCUT2D eigenvalue weighted by Gasteiger charge is -2.13. The summed E-state index contributed by atoms with van der Waals surface area (Å²) in [4.78, 5) is 20.3. The summed E-state index contributed by atoms with van der Waals surface area (Å²) < 4.78 is 17.0. The van der Waals surface area contributed by atoms with E-state index in [0.717, 1.165) is 16.8 Å². The summed E-state index contributed by atoms with van der Waals surface area (Å²) >= 11 is 13.4. The van der Waals surface area contributed by atoms with Crippen molar-refractivity contribution >= 4 is 57.8 Å². The molecule has 192 valence electrons. The Morgan fingerprint density at radius 1 is 0.974 bits per heavy atom. The maximum absolute atomic E-state index is 13.4. The lowest BCUT2D eigenvalue weighted by Crippen LogP contribution is -2.28. The fourth-order valence-corrected chi connectivity index (χ4v) is 5.06. The van der Waals surface area contributed by atoms with Crippen molar-refractivity contribution in [3.63, 3.8) is 0 Å². The number of rotatable bonds is 8. The quantitative estimate of drug-likeness (QED) is 0.203. The van der Waals surface area contributed by atoms with Crippen molar-refractivity contribution in [2.45, 2.75) is 13.2 Å². The number of methoxy groups -OCH3 is 1. The predicted octanol–water partition coefficient (Wildman–Crippen LogP) is 7.98. The van der Waals surface area contributed by atoms with Gasteiger partial charge in [0, 0.05) is 0 Å². The first-order valence-corrected chi connectivity index (χ1v) is 13.2. The van der Waals surface area contributed by atoms with Gasteiger partial charge < -0.3 is 13.9 Å². The van der Waals surface area contributed by atoms with E-state index in [9.17, 15) is 4.79 Å². The van der Waals surface area contributed by atoms with Gasteiger partial charge in [0.15, 0.2) is 16.7 Å². The van der Waals surface area contributed by atoms with Crippen LogP contribution >= 0.6 is 35.0 Å². The SMILES string of the molecule is COc1cc(/C=C2\SC(=Nc3ccccc3)N(Cc3ccco3)C2=O)ccc1OCc1ccc(Cl)c(Cl)c1.